The normalized spacial score (nSPS) is 12.7. The summed E-state index contributed by atoms with van der Waals surface area (Å²) in [7, 11) is -0.819. The summed E-state index contributed by atoms with van der Waals surface area (Å²) in [5.41, 5.74) is 13.4. The highest BCUT2D eigenvalue weighted by Gasteiger charge is 2.25. The fourth-order valence-electron chi connectivity index (χ4n) is 8.05. The van der Waals surface area contributed by atoms with E-state index < -0.39 is 9.52 Å². The van der Waals surface area contributed by atoms with Crippen LogP contribution in [0.4, 0.5) is 0 Å². The number of benzene rings is 6. The Bertz CT molecular complexity index is 2790. The largest absolute Gasteiger partial charge is 0.309 e. The van der Waals surface area contributed by atoms with Crippen molar-refractivity contribution in [3.63, 3.8) is 0 Å². The molecule has 51 heavy (non-hydrogen) atoms. The van der Waals surface area contributed by atoms with Crippen molar-refractivity contribution in [3.8, 4) is 45.0 Å². The van der Waals surface area contributed by atoms with Gasteiger partial charge in [-0.1, -0.05) is 84.9 Å². The molecule has 0 fully saturated rings. The maximum atomic E-state index is 5.30. The summed E-state index contributed by atoms with van der Waals surface area (Å²) in [5, 5.41) is 7.17. The van der Waals surface area contributed by atoms with Crippen molar-refractivity contribution in [3.05, 3.63) is 164 Å². The van der Waals surface area contributed by atoms with E-state index >= 15 is 0 Å². The summed E-state index contributed by atoms with van der Waals surface area (Å²) in [5.74, 6) is 0. The molecule has 0 N–H and O–H groups in total. The van der Waals surface area contributed by atoms with Gasteiger partial charge in [-0.15, -0.1) is 0 Å². The van der Waals surface area contributed by atoms with E-state index in [1.54, 1.807) is 0 Å². The first-order chi connectivity index (χ1) is 25.3. The smallest absolute Gasteiger partial charge is 0.138 e. The van der Waals surface area contributed by atoms with Gasteiger partial charge in [0.05, 0.1) is 39.7 Å². The van der Waals surface area contributed by atoms with Gasteiger partial charge in [-0.2, -0.15) is 0 Å². The molecule has 0 atom stereocenters. The second-order valence-corrected chi connectivity index (χ2v) is 15.0. The molecule has 0 bridgehead atoms. The number of rotatable bonds is 4. The molecule has 0 radical (unpaired) electrons. The lowest BCUT2D eigenvalue weighted by atomic mass is 10.0. The molecular formula is C45H29N5Si. The molecule has 6 aromatic carbocycles. The Hall–Kier alpha value is -6.63. The minimum Gasteiger partial charge on any atom is -0.309 e. The van der Waals surface area contributed by atoms with Crippen molar-refractivity contribution < 1.29 is 0 Å². The van der Waals surface area contributed by atoms with E-state index in [2.05, 4.69) is 161 Å². The van der Waals surface area contributed by atoms with Gasteiger partial charge in [0.15, 0.2) is 0 Å². The predicted molar refractivity (Wildman–Crippen MR) is 213 cm³/mol. The van der Waals surface area contributed by atoms with Crippen LogP contribution in [0.5, 0.6) is 0 Å². The Kier molecular flexibility index (Phi) is 6.05. The number of fused-ring (bicyclic) bond motifs is 9. The standard InChI is InChI=1S/C45H29N5Si/c1-3-11-31(12-4-1)49-39-17-9-7-15-33(39)35-23-28(19-21-41(35)49)30-25-37-43-45(51-44(37)46-26-30)47-27-38(48-43)29-20-22-42-36(24-29)34-16-8-10-18-40(34)50(42)32-13-5-2-6-14-32/h1-27H,51H2. The van der Waals surface area contributed by atoms with Gasteiger partial charge in [-0.25, -0.2) is 4.98 Å². The lowest BCUT2D eigenvalue weighted by molar-refractivity contribution is 1.18. The molecule has 6 heteroatoms. The van der Waals surface area contributed by atoms with Crippen LogP contribution >= 0.6 is 0 Å². The van der Waals surface area contributed by atoms with E-state index in [0.717, 1.165) is 55.7 Å². The van der Waals surface area contributed by atoms with Crippen LogP contribution < -0.4 is 10.6 Å². The molecule has 0 spiro atoms. The lowest BCUT2D eigenvalue weighted by Crippen LogP contribution is -2.26. The first kappa shape index (κ1) is 28.2. The highest BCUT2D eigenvalue weighted by Crippen LogP contribution is 2.37. The Balaban J connectivity index is 1.01. The van der Waals surface area contributed by atoms with Crippen molar-refractivity contribution in [2.45, 2.75) is 0 Å². The number of aromatic nitrogens is 5. The van der Waals surface area contributed by atoms with Gasteiger partial charge in [0, 0.05) is 66.4 Å². The molecule has 5 nitrogen and oxygen atoms in total. The van der Waals surface area contributed by atoms with Crippen molar-refractivity contribution >= 4 is 63.8 Å². The van der Waals surface area contributed by atoms with Crippen LogP contribution in [0.2, 0.25) is 0 Å². The third-order valence-electron chi connectivity index (χ3n) is 10.4. The molecule has 4 aromatic heterocycles. The van der Waals surface area contributed by atoms with Crippen molar-refractivity contribution in [2.24, 2.45) is 0 Å². The number of para-hydroxylation sites is 4. The van der Waals surface area contributed by atoms with E-state index in [1.807, 2.05) is 12.4 Å². The number of pyridine rings is 1. The van der Waals surface area contributed by atoms with E-state index in [9.17, 15) is 0 Å². The van der Waals surface area contributed by atoms with Gasteiger partial charge < -0.3 is 9.13 Å². The van der Waals surface area contributed by atoms with Crippen LogP contribution in [0.15, 0.2) is 164 Å². The highest BCUT2D eigenvalue weighted by atomic mass is 28.2. The van der Waals surface area contributed by atoms with Crippen LogP contribution in [-0.2, 0) is 0 Å². The van der Waals surface area contributed by atoms with Gasteiger partial charge in [-0.3, -0.25) is 9.97 Å². The zero-order valence-electron chi connectivity index (χ0n) is 27.5. The van der Waals surface area contributed by atoms with Crippen LogP contribution in [0.1, 0.15) is 0 Å². The van der Waals surface area contributed by atoms with Crippen LogP contribution in [0, 0.1) is 0 Å². The Labute approximate surface area is 296 Å². The third kappa shape index (κ3) is 4.30. The fourth-order valence-corrected chi connectivity index (χ4v) is 9.63. The summed E-state index contributed by atoms with van der Waals surface area (Å²) in [6, 6.07) is 54.2. The molecule has 0 unspecified atom stereocenters. The maximum absolute atomic E-state index is 5.30. The molecule has 1 aliphatic rings. The van der Waals surface area contributed by atoms with Crippen molar-refractivity contribution in [2.75, 3.05) is 0 Å². The van der Waals surface area contributed by atoms with Crippen LogP contribution in [0.25, 0.3) is 88.6 Å². The van der Waals surface area contributed by atoms with E-state index in [0.29, 0.717) is 0 Å². The summed E-state index contributed by atoms with van der Waals surface area (Å²) < 4.78 is 4.69. The molecule has 238 valence electrons. The second kappa shape index (κ2) is 10.9. The summed E-state index contributed by atoms with van der Waals surface area (Å²) in [6.45, 7) is 0. The first-order valence-corrected chi connectivity index (χ1v) is 18.7. The Morgan fingerprint density at radius 2 is 0.941 bits per heavy atom. The van der Waals surface area contributed by atoms with Crippen LogP contribution in [0.3, 0.4) is 0 Å². The molecule has 1 aliphatic heterocycles. The molecule has 0 saturated carbocycles. The van der Waals surface area contributed by atoms with Crippen LogP contribution in [-0.4, -0.2) is 33.6 Å². The average molecular weight is 668 g/mol. The average Bonchev–Trinajstić information content (AvgIpc) is 3.85. The number of hydrogen-bond acceptors (Lipinski definition) is 3. The third-order valence-corrected chi connectivity index (χ3v) is 12.2. The van der Waals surface area contributed by atoms with E-state index in [-0.39, 0.29) is 0 Å². The summed E-state index contributed by atoms with van der Waals surface area (Å²) in [6.07, 6.45) is 3.99. The quantitative estimate of drug-likeness (QED) is 0.177. The fraction of sp³-hybridized carbons (Fsp3) is 0. The number of nitrogens with zero attached hydrogens (tertiary/aromatic N) is 5. The topological polar surface area (TPSA) is 48.5 Å². The van der Waals surface area contributed by atoms with Gasteiger partial charge in [0.2, 0.25) is 0 Å². The van der Waals surface area contributed by atoms with E-state index in [1.165, 1.54) is 43.6 Å². The monoisotopic (exact) mass is 667 g/mol. The Morgan fingerprint density at radius 1 is 0.412 bits per heavy atom. The van der Waals surface area contributed by atoms with Gasteiger partial charge in [-0.05, 0) is 72.3 Å². The highest BCUT2D eigenvalue weighted by molar-refractivity contribution is 6.71. The molecule has 5 heterocycles. The number of hydrogen-bond donors (Lipinski definition) is 0. The molecule has 0 amide bonds. The lowest BCUT2D eigenvalue weighted by Gasteiger charge is -2.09. The molecular weight excluding hydrogens is 639 g/mol. The zero-order chi connectivity index (χ0) is 33.5. The van der Waals surface area contributed by atoms with Gasteiger partial charge in [0.1, 0.15) is 9.52 Å². The minimum absolute atomic E-state index is 0.819. The predicted octanol–water partition coefficient (Wildman–Crippen LogP) is 8.50. The molecule has 0 saturated heterocycles. The SMILES string of the molecule is c1ccc(-n2c3ccccc3c3cc(-c4cnc5c(c4)-c4nc(-c6ccc7c(c6)c6ccccc6n7-c6ccccc6)cnc4[SiH2]5)ccc32)cc1. The minimum atomic E-state index is -0.819. The van der Waals surface area contributed by atoms with Gasteiger partial charge in [0.25, 0.3) is 0 Å². The zero-order valence-corrected chi connectivity index (χ0v) is 28.9. The second-order valence-electron chi connectivity index (χ2n) is 13.3. The van der Waals surface area contributed by atoms with Crippen molar-refractivity contribution in [1.29, 1.82) is 0 Å². The Morgan fingerprint density at radius 3 is 1.59 bits per heavy atom. The molecule has 0 aliphatic carbocycles. The molecule has 11 rings (SSSR count). The first-order valence-electron chi connectivity index (χ1n) is 17.3. The van der Waals surface area contributed by atoms with Crippen molar-refractivity contribution in [1.82, 2.24) is 24.1 Å². The molecule has 10 aromatic rings. The summed E-state index contributed by atoms with van der Waals surface area (Å²) in [4.78, 5) is 15.3. The maximum Gasteiger partial charge on any atom is 0.138 e. The van der Waals surface area contributed by atoms with E-state index in [4.69, 9.17) is 15.0 Å². The van der Waals surface area contributed by atoms with Gasteiger partial charge >= 0.3 is 0 Å². The summed E-state index contributed by atoms with van der Waals surface area (Å²) >= 11 is 0.